The Morgan fingerprint density at radius 2 is 1.41 bits per heavy atom. The van der Waals surface area contributed by atoms with Crippen LogP contribution in [0.5, 0.6) is 0 Å². The van der Waals surface area contributed by atoms with Crippen molar-refractivity contribution in [2.24, 2.45) is 0 Å². The molecular weight excluding hydrogens is 426 g/mol. The summed E-state index contributed by atoms with van der Waals surface area (Å²) in [5, 5.41) is 0. The second-order valence-electron chi connectivity index (χ2n) is 8.88. The average Bonchev–Trinajstić information content (AvgIpc) is 2.87. The number of unbranched alkanes of at least 4 members (excludes halogenated alkanes) is 2. The molecule has 1 atom stereocenters. The van der Waals surface area contributed by atoms with Gasteiger partial charge in [-0.25, -0.2) is 8.78 Å². The SMILES string of the molecule is CCCCCC1(OCC)C=CC(c2ccc(-c3ccc(-c4ccccc4)cc3)c(F)c2F)=CC1. The summed E-state index contributed by atoms with van der Waals surface area (Å²) in [6.45, 7) is 4.80. The molecule has 0 saturated carbocycles. The second kappa shape index (κ2) is 10.9. The summed E-state index contributed by atoms with van der Waals surface area (Å²) < 4.78 is 36.4. The predicted molar refractivity (Wildman–Crippen MR) is 137 cm³/mol. The molecule has 0 amide bonds. The molecular formula is C31H32F2O. The molecule has 0 aromatic heterocycles. The smallest absolute Gasteiger partial charge is 0.167 e. The number of ether oxygens (including phenoxy) is 1. The Morgan fingerprint density at radius 3 is 2.06 bits per heavy atom. The van der Waals surface area contributed by atoms with Crippen LogP contribution >= 0.6 is 0 Å². The van der Waals surface area contributed by atoms with Crippen LogP contribution in [0.1, 0.15) is 51.5 Å². The van der Waals surface area contributed by atoms with Crippen molar-refractivity contribution in [3.8, 4) is 22.3 Å². The van der Waals surface area contributed by atoms with Gasteiger partial charge in [-0.15, -0.1) is 0 Å². The highest BCUT2D eigenvalue weighted by molar-refractivity contribution is 5.78. The van der Waals surface area contributed by atoms with Crippen LogP contribution in [0, 0.1) is 11.6 Å². The first-order chi connectivity index (χ1) is 16.6. The zero-order chi connectivity index (χ0) is 24.0. The molecule has 3 aromatic carbocycles. The number of halogens is 2. The molecule has 0 fully saturated rings. The molecule has 0 aliphatic heterocycles. The van der Waals surface area contributed by atoms with E-state index in [0.717, 1.165) is 36.8 Å². The Bertz CT molecular complexity index is 1160. The van der Waals surface area contributed by atoms with Crippen molar-refractivity contribution in [1.29, 1.82) is 0 Å². The zero-order valence-electron chi connectivity index (χ0n) is 20.0. The Balaban J connectivity index is 1.55. The fraction of sp³-hybridized carbons (Fsp3) is 0.290. The van der Waals surface area contributed by atoms with Gasteiger partial charge in [0, 0.05) is 17.7 Å². The van der Waals surface area contributed by atoms with Gasteiger partial charge in [0.1, 0.15) is 0 Å². The lowest BCUT2D eigenvalue weighted by Crippen LogP contribution is -2.31. The molecule has 0 spiro atoms. The topological polar surface area (TPSA) is 9.23 Å². The maximum atomic E-state index is 15.2. The molecule has 3 aromatic rings. The summed E-state index contributed by atoms with van der Waals surface area (Å²) in [5.41, 5.74) is 3.70. The Kier molecular flexibility index (Phi) is 7.74. The van der Waals surface area contributed by atoms with Crippen molar-refractivity contribution in [2.45, 2.75) is 51.6 Å². The highest BCUT2D eigenvalue weighted by Crippen LogP contribution is 2.36. The lowest BCUT2D eigenvalue weighted by Gasteiger charge is -2.32. The number of allylic oxidation sites excluding steroid dienone is 2. The minimum absolute atomic E-state index is 0.268. The quantitative estimate of drug-likeness (QED) is 0.291. The van der Waals surface area contributed by atoms with E-state index in [1.54, 1.807) is 12.1 Å². The number of rotatable bonds is 9. The highest BCUT2D eigenvalue weighted by Gasteiger charge is 2.29. The van der Waals surface area contributed by atoms with Crippen molar-refractivity contribution in [1.82, 2.24) is 0 Å². The van der Waals surface area contributed by atoms with E-state index in [9.17, 15) is 0 Å². The minimum Gasteiger partial charge on any atom is -0.371 e. The van der Waals surface area contributed by atoms with Crippen LogP contribution in [0.25, 0.3) is 27.8 Å². The summed E-state index contributed by atoms with van der Waals surface area (Å²) in [7, 11) is 0. The lowest BCUT2D eigenvalue weighted by atomic mass is 9.85. The average molecular weight is 459 g/mol. The standard InChI is InChI=1S/C31H32F2O/c1-3-5-9-20-31(34-4-2)21-18-26(19-22-31)28-17-16-27(29(32)30(28)33)25-14-12-24(13-15-25)23-10-7-6-8-11-23/h6-8,10-19,21H,3-5,9,20,22H2,1-2H3. The van der Waals surface area contributed by atoms with Crippen LogP contribution in [-0.2, 0) is 4.74 Å². The van der Waals surface area contributed by atoms with Gasteiger partial charge in [0.2, 0.25) is 0 Å². The van der Waals surface area contributed by atoms with E-state index in [1.807, 2.05) is 79.7 Å². The first-order valence-corrected chi connectivity index (χ1v) is 12.2. The van der Waals surface area contributed by atoms with Crippen LogP contribution in [0.3, 0.4) is 0 Å². The van der Waals surface area contributed by atoms with Crippen molar-refractivity contribution >= 4 is 5.57 Å². The fourth-order valence-electron chi connectivity index (χ4n) is 4.65. The lowest BCUT2D eigenvalue weighted by molar-refractivity contribution is -0.00720. The molecule has 1 nitrogen and oxygen atoms in total. The van der Waals surface area contributed by atoms with Gasteiger partial charge in [-0.1, -0.05) is 111 Å². The first kappa shape index (κ1) is 24.1. The van der Waals surface area contributed by atoms with E-state index < -0.39 is 11.6 Å². The largest absolute Gasteiger partial charge is 0.371 e. The van der Waals surface area contributed by atoms with Gasteiger partial charge in [-0.3, -0.25) is 0 Å². The van der Waals surface area contributed by atoms with E-state index in [0.29, 0.717) is 24.2 Å². The predicted octanol–water partition coefficient (Wildman–Crippen LogP) is 9.00. The number of hydrogen-bond acceptors (Lipinski definition) is 1. The van der Waals surface area contributed by atoms with Crippen LogP contribution in [0.4, 0.5) is 8.78 Å². The third-order valence-electron chi connectivity index (χ3n) is 6.57. The zero-order valence-corrected chi connectivity index (χ0v) is 20.0. The van der Waals surface area contributed by atoms with E-state index in [4.69, 9.17) is 4.74 Å². The monoisotopic (exact) mass is 458 g/mol. The van der Waals surface area contributed by atoms with E-state index in [-0.39, 0.29) is 16.7 Å². The van der Waals surface area contributed by atoms with Gasteiger partial charge >= 0.3 is 0 Å². The van der Waals surface area contributed by atoms with Gasteiger partial charge in [0.25, 0.3) is 0 Å². The van der Waals surface area contributed by atoms with Crippen molar-refractivity contribution in [3.05, 3.63) is 102 Å². The molecule has 176 valence electrons. The number of hydrogen-bond donors (Lipinski definition) is 0. The molecule has 1 aliphatic rings. The molecule has 1 unspecified atom stereocenters. The van der Waals surface area contributed by atoms with E-state index in [2.05, 4.69) is 6.92 Å². The van der Waals surface area contributed by atoms with Gasteiger partial charge in [0.05, 0.1) is 5.60 Å². The Hall–Kier alpha value is -3.04. The van der Waals surface area contributed by atoms with Gasteiger partial charge in [0.15, 0.2) is 11.6 Å². The normalized spacial score (nSPS) is 17.6. The fourth-order valence-corrected chi connectivity index (χ4v) is 4.65. The first-order valence-electron chi connectivity index (χ1n) is 12.2. The molecule has 0 N–H and O–H groups in total. The van der Waals surface area contributed by atoms with Gasteiger partial charge < -0.3 is 4.74 Å². The van der Waals surface area contributed by atoms with E-state index >= 15 is 8.78 Å². The highest BCUT2D eigenvalue weighted by atomic mass is 19.2. The molecule has 34 heavy (non-hydrogen) atoms. The molecule has 4 rings (SSSR count). The summed E-state index contributed by atoms with van der Waals surface area (Å²) in [4.78, 5) is 0. The third kappa shape index (κ3) is 5.20. The summed E-state index contributed by atoms with van der Waals surface area (Å²) >= 11 is 0. The third-order valence-corrected chi connectivity index (χ3v) is 6.57. The minimum atomic E-state index is -0.816. The second-order valence-corrected chi connectivity index (χ2v) is 8.88. The van der Waals surface area contributed by atoms with Crippen LogP contribution in [0.2, 0.25) is 0 Å². The maximum absolute atomic E-state index is 15.2. The Morgan fingerprint density at radius 1 is 0.765 bits per heavy atom. The van der Waals surface area contributed by atoms with Crippen LogP contribution in [0.15, 0.2) is 85.0 Å². The molecule has 0 saturated heterocycles. The molecule has 1 aliphatic carbocycles. The molecule has 0 bridgehead atoms. The summed E-state index contributed by atoms with van der Waals surface area (Å²) in [5.74, 6) is -1.63. The van der Waals surface area contributed by atoms with Gasteiger partial charge in [-0.2, -0.15) is 0 Å². The van der Waals surface area contributed by atoms with Crippen molar-refractivity contribution in [3.63, 3.8) is 0 Å². The molecule has 0 radical (unpaired) electrons. The summed E-state index contributed by atoms with van der Waals surface area (Å²) in [6, 6.07) is 20.9. The number of benzene rings is 3. The molecule has 3 heteroatoms. The molecule has 0 heterocycles. The Labute approximate surface area is 201 Å². The maximum Gasteiger partial charge on any atom is 0.167 e. The summed E-state index contributed by atoms with van der Waals surface area (Å²) in [6.07, 6.45) is 10.9. The van der Waals surface area contributed by atoms with Crippen LogP contribution in [-0.4, -0.2) is 12.2 Å². The van der Waals surface area contributed by atoms with Crippen LogP contribution < -0.4 is 0 Å². The van der Waals surface area contributed by atoms with Crippen molar-refractivity contribution < 1.29 is 13.5 Å². The van der Waals surface area contributed by atoms with Crippen molar-refractivity contribution in [2.75, 3.05) is 6.61 Å². The van der Waals surface area contributed by atoms with Gasteiger partial charge in [-0.05, 0) is 42.0 Å². The van der Waals surface area contributed by atoms with E-state index in [1.165, 1.54) is 0 Å².